The summed E-state index contributed by atoms with van der Waals surface area (Å²) in [5.74, 6) is 0.0603. The predicted octanol–water partition coefficient (Wildman–Crippen LogP) is 3.92. The van der Waals surface area contributed by atoms with E-state index in [-0.39, 0.29) is 5.78 Å². The molecule has 0 amide bonds. The quantitative estimate of drug-likeness (QED) is 0.743. The minimum Gasteiger partial charge on any atom is -0.368 e. The third-order valence-corrected chi connectivity index (χ3v) is 3.77. The van der Waals surface area contributed by atoms with E-state index in [0.717, 1.165) is 12.2 Å². The Kier molecular flexibility index (Phi) is 3.72. The van der Waals surface area contributed by atoms with Crippen LogP contribution in [0.25, 0.3) is 0 Å². The molecule has 1 heterocycles. The molecule has 1 aliphatic rings. The number of anilines is 1. The Morgan fingerprint density at radius 1 is 1.41 bits per heavy atom. The molecule has 17 heavy (non-hydrogen) atoms. The highest BCUT2D eigenvalue weighted by atomic mass is 35.5. The third-order valence-electron chi connectivity index (χ3n) is 3.47. The highest BCUT2D eigenvalue weighted by Crippen LogP contribution is 2.31. The average molecular weight is 252 g/mol. The molecule has 1 fully saturated rings. The highest BCUT2D eigenvalue weighted by molar-refractivity contribution is 6.33. The zero-order chi connectivity index (χ0) is 12.4. The topological polar surface area (TPSA) is 20.3 Å². The molecule has 0 bridgehead atoms. The lowest BCUT2D eigenvalue weighted by Gasteiger charge is -2.36. The number of Topliss-reactive ketones (excluding diaryl/α,β-unsaturated/α-hetero) is 1. The molecular weight excluding hydrogens is 234 g/mol. The first-order chi connectivity index (χ1) is 8.09. The smallest absolute Gasteiger partial charge is 0.159 e. The summed E-state index contributed by atoms with van der Waals surface area (Å²) < 4.78 is 0. The van der Waals surface area contributed by atoms with Gasteiger partial charge in [0.25, 0.3) is 0 Å². The lowest BCUT2D eigenvalue weighted by molar-refractivity contribution is 0.101. The second kappa shape index (κ2) is 5.09. The SMILES string of the molecule is CC(=O)c1ccc(N2CCCC[C@@H]2C)c(Cl)c1. The number of halogens is 1. The molecule has 0 aromatic heterocycles. The van der Waals surface area contributed by atoms with Crippen LogP contribution in [0.1, 0.15) is 43.5 Å². The van der Waals surface area contributed by atoms with Crippen LogP contribution in [-0.4, -0.2) is 18.4 Å². The Bertz CT molecular complexity index is 430. The molecule has 0 N–H and O–H groups in total. The second-order valence-corrected chi connectivity index (χ2v) is 5.17. The highest BCUT2D eigenvalue weighted by Gasteiger charge is 2.20. The van der Waals surface area contributed by atoms with E-state index >= 15 is 0 Å². The van der Waals surface area contributed by atoms with Crippen LogP contribution in [0.2, 0.25) is 5.02 Å². The molecule has 92 valence electrons. The number of carbonyl (C=O) groups is 1. The Balaban J connectivity index is 2.29. The molecule has 1 atom stereocenters. The van der Waals surface area contributed by atoms with Crippen molar-refractivity contribution in [2.24, 2.45) is 0 Å². The van der Waals surface area contributed by atoms with Gasteiger partial charge in [-0.1, -0.05) is 11.6 Å². The maximum atomic E-state index is 11.3. The fourth-order valence-corrected chi connectivity index (χ4v) is 2.70. The zero-order valence-electron chi connectivity index (χ0n) is 10.4. The van der Waals surface area contributed by atoms with Gasteiger partial charge in [-0.15, -0.1) is 0 Å². The van der Waals surface area contributed by atoms with Crippen molar-refractivity contribution in [3.8, 4) is 0 Å². The Labute approximate surface area is 108 Å². The van der Waals surface area contributed by atoms with Crippen molar-refractivity contribution in [3.63, 3.8) is 0 Å². The first-order valence-corrected chi connectivity index (χ1v) is 6.54. The Hall–Kier alpha value is -1.02. The van der Waals surface area contributed by atoms with Crippen molar-refractivity contribution in [2.75, 3.05) is 11.4 Å². The molecule has 3 heteroatoms. The molecule has 2 rings (SSSR count). The fraction of sp³-hybridized carbons (Fsp3) is 0.500. The summed E-state index contributed by atoms with van der Waals surface area (Å²) >= 11 is 6.28. The van der Waals surface area contributed by atoms with Crippen LogP contribution in [-0.2, 0) is 0 Å². The first kappa shape index (κ1) is 12.4. The molecule has 0 radical (unpaired) electrons. The molecule has 0 unspecified atom stereocenters. The molecule has 1 aromatic rings. The zero-order valence-corrected chi connectivity index (χ0v) is 11.1. The molecule has 0 aliphatic carbocycles. The molecular formula is C14H18ClNO. The molecule has 0 saturated carbocycles. The van der Waals surface area contributed by atoms with Gasteiger partial charge in [0.05, 0.1) is 10.7 Å². The Morgan fingerprint density at radius 3 is 2.76 bits per heavy atom. The Morgan fingerprint density at radius 2 is 2.18 bits per heavy atom. The normalized spacial score (nSPS) is 20.4. The van der Waals surface area contributed by atoms with E-state index < -0.39 is 0 Å². The van der Waals surface area contributed by atoms with Gasteiger partial charge in [-0.3, -0.25) is 4.79 Å². The van der Waals surface area contributed by atoms with Crippen molar-refractivity contribution >= 4 is 23.1 Å². The second-order valence-electron chi connectivity index (χ2n) is 4.76. The predicted molar refractivity (Wildman–Crippen MR) is 72.1 cm³/mol. The van der Waals surface area contributed by atoms with Gasteiger partial charge < -0.3 is 4.90 Å². The molecule has 2 nitrogen and oxygen atoms in total. The molecule has 1 aliphatic heterocycles. The van der Waals surface area contributed by atoms with Crippen molar-refractivity contribution in [1.29, 1.82) is 0 Å². The molecule has 1 aromatic carbocycles. The van der Waals surface area contributed by atoms with Crippen LogP contribution < -0.4 is 4.90 Å². The van der Waals surface area contributed by atoms with E-state index in [0.29, 0.717) is 16.6 Å². The number of piperidine rings is 1. The van der Waals surface area contributed by atoms with Crippen LogP contribution in [0.4, 0.5) is 5.69 Å². The van der Waals surface area contributed by atoms with Gasteiger partial charge in [0.15, 0.2) is 5.78 Å². The van der Waals surface area contributed by atoms with Crippen LogP contribution in [0.5, 0.6) is 0 Å². The summed E-state index contributed by atoms with van der Waals surface area (Å²) in [7, 11) is 0. The van der Waals surface area contributed by atoms with E-state index in [4.69, 9.17) is 11.6 Å². The largest absolute Gasteiger partial charge is 0.368 e. The first-order valence-electron chi connectivity index (χ1n) is 6.16. The van der Waals surface area contributed by atoms with Gasteiger partial charge in [-0.05, 0) is 51.3 Å². The van der Waals surface area contributed by atoms with Crippen molar-refractivity contribution < 1.29 is 4.79 Å². The minimum atomic E-state index is 0.0603. The van der Waals surface area contributed by atoms with Crippen molar-refractivity contribution in [2.45, 2.75) is 39.2 Å². The summed E-state index contributed by atoms with van der Waals surface area (Å²) in [5.41, 5.74) is 1.74. The lowest BCUT2D eigenvalue weighted by Crippen LogP contribution is -2.37. The number of carbonyl (C=O) groups excluding carboxylic acids is 1. The number of rotatable bonds is 2. The average Bonchev–Trinajstić information content (AvgIpc) is 2.30. The van der Waals surface area contributed by atoms with Gasteiger partial charge >= 0.3 is 0 Å². The van der Waals surface area contributed by atoms with Crippen LogP contribution in [0.15, 0.2) is 18.2 Å². The third kappa shape index (κ3) is 2.63. The summed E-state index contributed by atoms with van der Waals surface area (Å²) in [6.07, 6.45) is 3.72. The fourth-order valence-electron chi connectivity index (χ4n) is 2.41. The summed E-state index contributed by atoms with van der Waals surface area (Å²) in [6.45, 7) is 4.85. The van der Waals surface area contributed by atoms with Crippen LogP contribution in [0.3, 0.4) is 0 Å². The molecule has 1 saturated heterocycles. The van der Waals surface area contributed by atoms with Crippen LogP contribution >= 0.6 is 11.6 Å². The maximum Gasteiger partial charge on any atom is 0.159 e. The van der Waals surface area contributed by atoms with Gasteiger partial charge in [0.1, 0.15) is 0 Å². The summed E-state index contributed by atoms with van der Waals surface area (Å²) in [6, 6.07) is 6.15. The summed E-state index contributed by atoms with van der Waals surface area (Å²) in [5, 5.41) is 0.687. The van der Waals surface area contributed by atoms with Crippen LogP contribution in [0, 0.1) is 0 Å². The standard InChI is InChI=1S/C14H18ClNO/c1-10-5-3-4-8-16(10)14-7-6-12(11(2)17)9-13(14)15/h6-7,9-10H,3-5,8H2,1-2H3/t10-/m0/s1. The summed E-state index contributed by atoms with van der Waals surface area (Å²) in [4.78, 5) is 13.6. The van der Waals surface area contributed by atoms with E-state index in [1.807, 2.05) is 12.1 Å². The number of hydrogen-bond acceptors (Lipinski definition) is 2. The number of hydrogen-bond donors (Lipinski definition) is 0. The van der Waals surface area contributed by atoms with Gasteiger partial charge in [0, 0.05) is 18.2 Å². The van der Waals surface area contributed by atoms with Crippen molar-refractivity contribution in [1.82, 2.24) is 0 Å². The van der Waals surface area contributed by atoms with Crippen molar-refractivity contribution in [3.05, 3.63) is 28.8 Å². The van der Waals surface area contributed by atoms with Gasteiger partial charge in [0.2, 0.25) is 0 Å². The number of benzene rings is 1. The number of ketones is 1. The van der Waals surface area contributed by atoms with E-state index in [1.54, 1.807) is 13.0 Å². The number of nitrogens with zero attached hydrogens (tertiary/aromatic N) is 1. The van der Waals surface area contributed by atoms with Gasteiger partial charge in [-0.2, -0.15) is 0 Å². The lowest BCUT2D eigenvalue weighted by atomic mass is 10.0. The minimum absolute atomic E-state index is 0.0603. The molecule has 0 spiro atoms. The van der Waals surface area contributed by atoms with E-state index in [2.05, 4.69) is 11.8 Å². The monoisotopic (exact) mass is 251 g/mol. The maximum absolute atomic E-state index is 11.3. The van der Waals surface area contributed by atoms with E-state index in [9.17, 15) is 4.79 Å². The van der Waals surface area contributed by atoms with Gasteiger partial charge in [-0.25, -0.2) is 0 Å². The van der Waals surface area contributed by atoms with E-state index in [1.165, 1.54) is 19.3 Å².